The lowest BCUT2D eigenvalue weighted by molar-refractivity contribution is 0.102. The summed E-state index contributed by atoms with van der Waals surface area (Å²) in [5, 5.41) is 2.79. The number of nitrogens with one attached hydrogen (secondary N) is 1. The predicted molar refractivity (Wildman–Crippen MR) is 79.8 cm³/mol. The van der Waals surface area contributed by atoms with Gasteiger partial charge in [0, 0.05) is 10.2 Å². The summed E-state index contributed by atoms with van der Waals surface area (Å²) in [5.74, 6) is 0.0302. The molecule has 0 aliphatic heterocycles. The Hall–Kier alpha value is -1.88. The van der Waals surface area contributed by atoms with Crippen LogP contribution >= 0.6 is 15.9 Å². The van der Waals surface area contributed by atoms with E-state index in [4.69, 9.17) is 4.74 Å². The maximum absolute atomic E-state index is 13.0. The molecule has 0 aliphatic rings. The normalized spacial score (nSPS) is 10.2. The summed E-state index contributed by atoms with van der Waals surface area (Å²) >= 11 is 3.18. The first-order valence-electron chi connectivity index (χ1n) is 5.92. The Kier molecular flexibility index (Phi) is 4.39. The van der Waals surface area contributed by atoms with E-state index in [1.807, 2.05) is 13.0 Å². The van der Waals surface area contributed by atoms with Crippen LogP contribution in [0.5, 0.6) is 5.75 Å². The number of ether oxygens (including phenoxy) is 1. The van der Waals surface area contributed by atoms with E-state index >= 15 is 0 Å². The van der Waals surface area contributed by atoms with Gasteiger partial charge in [-0.05, 0) is 64.8 Å². The van der Waals surface area contributed by atoms with Crippen LogP contribution in [-0.2, 0) is 0 Å². The van der Waals surface area contributed by atoms with Crippen molar-refractivity contribution in [2.45, 2.75) is 6.92 Å². The molecule has 0 saturated heterocycles. The zero-order valence-electron chi connectivity index (χ0n) is 11.0. The van der Waals surface area contributed by atoms with Crippen molar-refractivity contribution in [3.05, 3.63) is 57.8 Å². The number of benzene rings is 2. The fourth-order valence-electron chi connectivity index (χ4n) is 1.77. The molecule has 3 nitrogen and oxygen atoms in total. The highest BCUT2D eigenvalue weighted by atomic mass is 79.9. The smallest absolute Gasteiger partial charge is 0.256 e. The van der Waals surface area contributed by atoms with E-state index in [-0.39, 0.29) is 5.91 Å². The van der Waals surface area contributed by atoms with Gasteiger partial charge in [-0.15, -0.1) is 0 Å². The van der Waals surface area contributed by atoms with Gasteiger partial charge in [0.1, 0.15) is 11.6 Å². The largest absolute Gasteiger partial charge is 0.497 e. The topological polar surface area (TPSA) is 38.3 Å². The highest BCUT2D eigenvalue weighted by molar-refractivity contribution is 9.10. The van der Waals surface area contributed by atoms with Crippen molar-refractivity contribution < 1.29 is 13.9 Å². The number of carbonyl (C=O) groups is 1. The second kappa shape index (κ2) is 6.05. The molecular formula is C15H13BrFNO2. The lowest BCUT2D eigenvalue weighted by Gasteiger charge is -2.10. The third-order valence-electron chi connectivity index (χ3n) is 2.86. The molecule has 0 aliphatic carbocycles. The highest BCUT2D eigenvalue weighted by Crippen LogP contribution is 2.23. The van der Waals surface area contributed by atoms with Gasteiger partial charge in [0.25, 0.3) is 5.91 Å². The zero-order chi connectivity index (χ0) is 14.7. The standard InChI is InChI=1S/C15H13BrFNO2/c1-9-7-11(20-2)4-6-14(9)18-15(19)12-5-3-10(17)8-13(12)16/h3-8H,1-2H3,(H,18,19). The fourth-order valence-corrected chi connectivity index (χ4v) is 2.30. The van der Waals surface area contributed by atoms with Gasteiger partial charge in [0.05, 0.1) is 12.7 Å². The first-order valence-corrected chi connectivity index (χ1v) is 6.71. The van der Waals surface area contributed by atoms with Gasteiger partial charge in [0.15, 0.2) is 0 Å². The second-order valence-electron chi connectivity index (χ2n) is 4.26. The van der Waals surface area contributed by atoms with Crippen LogP contribution in [0.25, 0.3) is 0 Å². The van der Waals surface area contributed by atoms with Crippen molar-refractivity contribution in [1.29, 1.82) is 0 Å². The zero-order valence-corrected chi connectivity index (χ0v) is 12.6. The molecule has 0 atom stereocenters. The summed E-state index contributed by atoms with van der Waals surface area (Å²) in [6, 6.07) is 9.31. The van der Waals surface area contributed by atoms with Crippen molar-refractivity contribution in [3.63, 3.8) is 0 Å². The maximum Gasteiger partial charge on any atom is 0.256 e. The van der Waals surface area contributed by atoms with Crippen molar-refractivity contribution in [3.8, 4) is 5.75 Å². The summed E-state index contributed by atoms with van der Waals surface area (Å²) in [7, 11) is 1.59. The quantitative estimate of drug-likeness (QED) is 0.913. The predicted octanol–water partition coefficient (Wildman–Crippen LogP) is 4.16. The molecule has 1 amide bonds. The number of hydrogen-bond donors (Lipinski definition) is 1. The van der Waals surface area contributed by atoms with Gasteiger partial charge in [-0.1, -0.05) is 0 Å². The van der Waals surface area contributed by atoms with Crippen LogP contribution in [0.4, 0.5) is 10.1 Å². The highest BCUT2D eigenvalue weighted by Gasteiger charge is 2.12. The van der Waals surface area contributed by atoms with Crippen LogP contribution in [-0.4, -0.2) is 13.0 Å². The van der Waals surface area contributed by atoms with Gasteiger partial charge < -0.3 is 10.1 Å². The Balaban J connectivity index is 2.23. The molecule has 0 heterocycles. The number of methoxy groups -OCH3 is 1. The number of carbonyl (C=O) groups excluding carboxylic acids is 1. The SMILES string of the molecule is COc1ccc(NC(=O)c2ccc(F)cc2Br)c(C)c1. The molecule has 0 saturated carbocycles. The lowest BCUT2D eigenvalue weighted by Crippen LogP contribution is -2.13. The average Bonchev–Trinajstić information content (AvgIpc) is 2.40. The Morgan fingerprint density at radius 3 is 2.60 bits per heavy atom. The Labute approximate surface area is 124 Å². The van der Waals surface area contributed by atoms with E-state index in [9.17, 15) is 9.18 Å². The van der Waals surface area contributed by atoms with Crippen molar-refractivity contribution in [2.24, 2.45) is 0 Å². The molecule has 5 heteroatoms. The van der Waals surface area contributed by atoms with Crippen LogP contribution in [0.15, 0.2) is 40.9 Å². The van der Waals surface area contributed by atoms with E-state index in [1.54, 1.807) is 19.2 Å². The Morgan fingerprint density at radius 1 is 1.25 bits per heavy atom. The molecule has 2 aromatic carbocycles. The molecule has 0 fully saturated rings. The third kappa shape index (κ3) is 3.17. The van der Waals surface area contributed by atoms with Crippen LogP contribution < -0.4 is 10.1 Å². The summed E-state index contributed by atoms with van der Waals surface area (Å²) in [5.41, 5.74) is 1.95. The van der Waals surface area contributed by atoms with Crippen LogP contribution in [0.1, 0.15) is 15.9 Å². The molecule has 0 radical (unpaired) electrons. The van der Waals surface area contributed by atoms with Gasteiger partial charge in [-0.25, -0.2) is 4.39 Å². The van der Waals surface area contributed by atoms with Crippen molar-refractivity contribution in [1.82, 2.24) is 0 Å². The van der Waals surface area contributed by atoms with E-state index in [0.717, 1.165) is 11.3 Å². The first-order chi connectivity index (χ1) is 9.51. The summed E-state index contributed by atoms with van der Waals surface area (Å²) in [6.07, 6.45) is 0. The third-order valence-corrected chi connectivity index (χ3v) is 3.51. The van der Waals surface area contributed by atoms with E-state index in [2.05, 4.69) is 21.2 Å². The fraction of sp³-hybridized carbons (Fsp3) is 0.133. The van der Waals surface area contributed by atoms with Crippen molar-refractivity contribution >= 4 is 27.5 Å². The molecule has 0 spiro atoms. The number of halogens is 2. The number of aryl methyl sites for hydroxylation is 1. The maximum atomic E-state index is 13.0. The van der Waals surface area contributed by atoms with Gasteiger partial charge in [-0.2, -0.15) is 0 Å². The van der Waals surface area contributed by atoms with Gasteiger partial charge >= 0.3 is 0 Å². The molecule has 20 heavy (non-hydrogen) atoms. The van der Waals surface area contributed by atoms with E-state index < -0.39 is 5.82 Å². The molecule has 2 rings (SSSR count). The summed E-state index contributed by atoms with van der Waals surface area (Å²) < 4.78 is 18.5. The minimum atomic E-state index is -0.394. The second-order valence-corrected chi connectivity index (χ2v) is 5.11. The number of hydrogen-bond acceptors (Lipinski definition) is 2. The number of rotatable bonds is 3. The van der Waals surface area contributed by atoms with E-state index in [1.165, 1.54) is 18.2 Å². The van der Waals surface area contributed by atoms with Crippen LogP contribution in [0, 0.1) is 12.7 Å². The Bertz CT molecular complexity index is 658. The van der Waals surface area contributed by atoms with Crippen molar-refractivity contribution in [2.75, 3.05) is 12.4 Å². The summed E-state index contributed by atoms with van der Waals surface area (Å²) in [4.78, 5) is 12.2. The van der Waals surface area contributed by atoms with Gasteiger partial charge in [0.2, 0.25) is 0 Å². The molecule has 2 aromatic rings. The number of amides is 1. The van der Waals surface area contributed by atoms with Crippen LogP contribution in [0.3, 0.4) is 0 Å². The van der Waals surface area contributed by atoms with E-state index in [0.29, 0.717) is 15.7 Å². The molecule has 0 bridgehead atoms. The van der Waals surface area contributed by atoms with Crippen LogP contribution in [0.2, 0.25) is 0 Å². The van der Waals surface area contributed by atoms with Gasteiger partial charge in [-0.3, -0.25) is 4.79 Å². The monoisotopic (exact) mass is 337 g/mol. The first kappa shape index (κ1) is 14.5. The molecule has 0 unspecified atom stereocenters. The average molecular weight is 338 g/mol. The molecular weight excluding hydrogens is 325 g/mol. The molecule has 1 N–H and O–H groups in total. The Morgan fingerprint density at radius 2 is 2.00 bits per heavy atom. The minimum Gasteiger partial charge on any atom is -0.497 e. The number of anilines is 1. The lowest BCUT2D eigenvalue weighted by atomic mass is 10.1. The summed E-state index contributed by atoms with van der Waals surface area (Å²) in [6.45, 7) is 1.87. The minimum absolute atomic E-state index is 0.301. The molecule has 0 aromatic heterocycles. The molecule has 104 valence electrons.